The molecule has 136 valence electrons. The normalized spacial score (nSPS) is 30.4. The molecule has 4 rings (SSSR count). The number of aromatic nitrogens is 4. The van der Waals surface area contributed by atoms with Gasteiger partial charge in [-0.15, -0.1) is 0 Å². The molecule has 0 radical (unpaired) electrons. The summed E-state index contributed by atoms with van der Waals surface area (Å²) in [7, 11) is 1.51. The molecule has 3 N–H and O–H groups in total. The summed E-state index contributed by atoms with van der Waals surface area (Å²) in [5.41, 5.74) is 1.27. The molecule has 1 saturated heterocycles. The summed E-state index contributed by atoms with van der Waals surface area (Å²) in [5.74, 6) is 0.710. The van der Waals surface area contributed by atoms with Crippen molar-refractivity contribution in [2.45, 2.75) is 56.3 Å². The van der Waals surface area contributed by atoms with E-state index >= 15 is 0 Å². The van der Waals surface area contributed by atoms with E-state index in [9.17, 15) is 10.2 Å². The fourth-order valence-electron chi connectivity index (χ4n) is 3.76. The maximum atomic E-state index is 10.2. The van der Waals surface area contributed by atoms with Gasteiger partial charge in [0.05, 0.1) is 12.9 Å². The molecule has 2 aromatic rings. The minimum atomic E-state index is -0.921. The molecule has 1 aliphatic carbocycles. The molecule has 0 bridgehead atoms. The first-order valence-corrected chi connectivity index (χ1v) is 8.64. The third kappa shape index (κ3) is 2.86. The fourth-order valence-corrected chi connectivity index (χ4v) is 3.76. The largest absolute Gasteiger partial charge is 0.394 e. The number of methoxy groups -OCH3 is 1. The molecule has 9 nitrogen and oxygen atoms in total. The number of hydrogen-bond acceptors (Lipinski definition) is 8. The topological polar surface area (TPSA) is 115 Å². The number of nitrogens with one attached hydrogen (secondary N) is 1. The Morgan fingerprint density at radius 3 is 2.84 bits per heavy atom. The Kier molecular flexibility index (Phi) is 4.55. The van der Waals surface area contributed by atoms with Crippen LogP contribution in [0.5, 0.6) is 0 Å². The van der Waals surface area contributed by atoms with Crippen molar-refractivity contribution in [3.8, 4) is 0 Å². The molecule has 2 aliphatic rings. The van der Waals surface area contributed by atoms with E-state index in [-0.39, 0.29) is 6.61 Å². The fraction of sp³-hybridized carbons (Fsp3) is 0.688. The van der Waals surface area contributed by atoms with E-state index in [0.717, 1.165) is 12.8 Å². The average molecular weight is 349 g/mol. The van der Waals surface area contributed by atoms with Crippen LogP contribution in [0.2, 0.25) is 0 Å². The molecule has 4 atom stereocenters. The molecule has 9 heteroatoms. The smallest absolute Gasteiger partial charge is 0.167 e. The van der Waals surface area contributed by atoms with E-state index < -0.39 is 24.5 Å². The lowest BCUT2D eigenvalue weighted by molar-refractivity contribution is -0.0583. The summed E-state index contributed by atoms with van der Waals surface area (Å²) in [6, 6.07) is 0.415. The van der Waals surface area contributed by atoms with Crippen LogP contribution >= 0.6 is 0 Å². The van der Waals surface area contributed by atoms with Crippen LogP contribution in [0, 0.1) is 0 Å². The van der Waals surface area contributed by atoms with Gasteiger partial charge in [-0.2, -0.15) is 0 Å². The van der Waals surface area contributed by atoms with E-state index in [4.69, 9.17) is 9.47 Å². The Hall–Kier alpha value is -1.81. The molecular weight excluding hydrogens is 326 g/mol. The molecule has 1 saturated carbocycles. The third-order valence-electron chi connectivity index (χ3n) is 5.09. The van der Waals surface area contributed by atoms with Crippen molar-refractivity contribution in [3.05, 3.63) is 12.7 Å². The van der Waals surface area contributed by atoms with Gasteiger partial charge in [0.1, 0.15) is 24.6 Å². The SMILES string of the molecule is CO[C@@H]1[C@H](O)[C@@H](CO)O[C@H]1n1cnc2c(NC3CCCC3)ncnc21. The zero-order valence-electron chi connectivity index (χ0n) is 14.1. The highest BCUT2D eigenvalue weighted by Crippen LogP contribution is 2.34. The summed E-state index contributed by atoms with van der Waals surface area (Å²) in [4.78, 5) is 13.1. The van der Waals surface area contributed by atoms with Gasteiger partial charge in [0.2, 0.25) is 0 Å². The van der Waals surface area contributed by atoms with Gasteiger partial charge in [0, 0.05) is 13.2 Å². The zero-order valence-corrected chi connectivity index (χ0v) is 14.1. The van der Waals surface area contributed by atoms with Gasteiger partial charge in [-0.25, -0.2) is 15.0 Å². The van der Waals surface area contributed by atoms with Gasteiger partial charge in [-0.05, 0) is 12.8 Å². The highest BCUT2D eigenvalue weighted by Gasteiger charge is 2.45. The number of imidazole rings is 1. The number of fused-ring (bicyclic) bond motifs is 1. The minimum Gasteiger partial charge on any atom is -0.394 e. The minimum absolute atomic E-state index is 0.284. The number of rotatable bonds is 5. The Bertz CT molecular complexity index is 732. The lowest BCUT2D eigenvalue weighted by Gasteiger charge is -2.20. The molecule has 0 unspecified atom stereocenters. The molecule has 3 heterocycles. The van der Waals surface area contributed by atoms with Gasteiger partial charge in [-0.3, -0.25) is 4.57 Å². The molecule has 0 amide bonds. The quantitative estimate of drug-likeness (QED) is 0.713. The second kappa shape index (κ2) is 6.83. The third-order valence-corrected chi connectivity index (χ3v) is 5.09. The predicted molar refractivity (Wildman–Crippen MR) is 89.0 cm³/mol. The molecular formula is C16H23N5O4. The number of nitrogens with zero attached hydrogens (tertiary/aromatic N) is 4. The van der Waals surface area contributed by atoms with E-state index in [1.807, 2.05) is 0 Å². The van der Waals surface area contributed by atoms with Crippen LogP contribution in [0.15, 0.2) is 12.7 Å². The lowest BCUT2D eigenvalue weighted by atomic mass is 10.1. The van der Waals surface area contributed by atoms with Crippen LogP contribution in [-0.4, -0.2) is 67.8 Å². The molecule has 2 fully saturated rings. The second-order valence-corrected chi connectivity index (χ2v) is 6.61. The monoisotopic (exact) mass is 349 g/mol. The highest BCUT2D eigenvalue weighted by molar-refractivity contribution is 5.82. The van der Waals surface area contributed by atoms with E-state index in [1.54, 1.807) is 10.9 Å². The Morgan fingerprint density at radius 1 is 1.32 bits per heavy atom. The summed E-state index contributed by atoms with van der Waals surface area (Å²) in [6.07, 6.45) is 4.98. The van der Waals surface area contributed by atoms with Crippen LogP contribution < -0.4 is 5.32 Å². The van der Waals surface area contributed by atoms with Gasteiger partial charge in [0.25, 0.3) is 0 Å². The molecule has 25 heavy (non-hydrogen) atoms. The number of hydrogen-bond donors (Lipinski definition) is 3. The van der Waals surface area contributed by atoms with Crippen molar-refractivity contribution in [2.24, 2.45) is 0 Å². The maximum absolute atomic E-state index is 10.2. The van der Waals surface area contributed by atoms with Gasteiger partial charge in [-0.1, -0.05) is 12.8 Å². The highest BCUT2D eigenvalue weighted by atomic mass is 16.6. The number of aliphatic hydroxyl groups excluding tert-OH is 2. The Labute approximate surface area is 145 Å². The van der Waals surface area contributed by atoms with E-state index in [0.29, 0.717) is 23.0 Å². The first-order chi connectivity index (χ1) is 12.2. The summed E-state index contributed by atoms with van der Waals surface area (Å²) in [5, 5.41) is 23.1. The maximum Gasteiger partial charge on any atom is 0.167 e. The van der Waals surface area contributed by atoms with Crippen molar-refractivity contribution in [1.29, 1.82) is 0 Å². The van der Waals surface area contributed by atoms with E-state index in [1.165, 1.54) is 26.3 Å². The van der Waals surface area contributed by atoms with Crippen molar-refractivity contribution in [1.82, 2.24) is 19.5 Å². The van der Waals surface area contributed by atoms with Crippen molar-refractivity contribution in [2.75, 3.05) is 19.0 Å². The summed E-state index contributed by atoms with van der Waals surface area (Å²) < 4.78 is 12.9. The molecule has 2 aromatic heterocycles. The lowest BCUT2D eigenvalue weighted by Crippen LogP contribution is -2.34. The van der Waals surface area contributed by atoms with Crippen molar-refractivity contribution in [3.63, 3.8) is 0 Å². The summed E-state index contributed by atoms with van der Waals surface area (Å²) in [6.45, 7) is -0.284. The van der Waals surface area contributed by atoms with Crippen molar-refractivity contribution < 1.29 is 19.7 Å². The number of aliphatic hydroxyl groups is 2. The molecule has 0 aromatic carbocycles. The Balaban J connectivity index is 1.66. The van der Waals surface area contributed by atoms with Crippen LogP contribution in [0.25, 0.3) is 11.2 Å². The Morgan fingerprint density at radius 2 is 2.12 bits per heavy atom. The van der Waals surface area contributed by atoms with Crippen LogP contribution in [-0.2, 0) is 9.47 Å². The standard InChI is InChI=1S/C16H23N5O4/c1-24-13-12(23)10(6-22)25-16(13)21-8-19-11-14(17-7-18-15(11)21)20-9-4-2-3-5-9/h7-10,12-13,16,22-23H,2-6H2,1H3,(H,17,18,20)/t10-,12-,13-,16-/m1/s1. The van der Waals surface area contributed by atoms with Gasteiger partial charge in [0.15, 0.2) is 23.2 Å². The first kappa shape index (κ1) is 16.6. The second-order valence-electron chi connectivity index (χ2n) is 6.61. The van der Waals surface area contributed by atoms with Gasteiger partial charge >= 0.3 is 0 Å². The van der Waals surface area contributed by atoms with Gasteiger partial charge < -0.3 is 25.0 Å². The summed E-state index contributed by atoms with van der Waals surface area (Å²) >= 11 is 0. The van der Waals surface area contributed by atoms with Crippen LogP contribution in [0.1, 0.15) is 31.9 Å². The first-order valence-electron chi connectivity index (χ1n) is 8.64. The molecule has 0 spiro atoms. The molecule has 1 aliphatic heterocycles. The van der Waals surface area contributed by atoms with E-state index in [2.05, 4.69) is 20.3 Å². The number of ether oxygens (including phenoxy) is 2. The zero-order chi connectivity index (χ0) is 17.4. The number of anilines is 1. The van der Waals surface area contributed by atoms with Crippen LogP contribution in [0.4, 0.5) is 5.82 Å². The van der Waals surface area contributed by atoms with Crippen LogP contribution in [0.3, 0.4) is 0 Å². The average Bonchev–Trinajstić information content (AvgIpc) is 3.33. The predicted octanol–water partition coefficient (Wildman–Crippen LogP) is 0.446. The van der Waals surface area contributed by atoms with Crippen molar-refractivity contribution >= 4 is 17.0 Å².